The Labute approximate surface area is 125 Å². The summed E-state index contributed by atoms with van der Waals surface area (Å²) in [4.78, 5) is 4.15. The molecule has 0 saturated heterocycles. The third kappa shape index (κ3) is 3.43. The zero-order chi connectivity index (χ0) is 12.2. The molecular weight excluding hydrogens is 300 g/mol. The second-order valence-electron chi connectivity index (χ2n) is 4.89. The topological polar surface area (TPSA) is 24.9 Å². The van der Waals surface area contributed by atoms with Gasteiger partial charge in [0.1, 0.15) is 0 Å². The van der Waals surface area contributed by atoms with Gasteiger partial charge in [0.25, 0.3) is 0 Å². The molecule has 2 aromatic rings. The Balaban J connectivity index is 0.00000133. The van der Waals surface area contributed by atoms with E-state index in [0.29, 0.717) is 6.04 Å². The minimum absolute atomic E-state index is 0. The van der Waals surface area contributed by atoms with Gasteiger partial charge in [0.2, 0.25) is 0 Å². The molecular formula is C16H18BrN2-. The van der Waals surface area contributed by atoms with Gasteiger partial charge in [-0.25, -0.2) is 0 Å². The molecule has 1 N–H and O–H groups in total. The second-order valence-corrected chi connectivity index (χ2v) is 4.89. The maximum absolute atomic E-state index is 4.15. The quantitative estimate of drug-likeness (QED) is 0.878. The molecule has 1 heterocycles. The Morgan fingerprint density at radius 1 is 1.16 bits per heavy atom. The standard InChI is InChI=1S/C16H18N2.BrH/c1-2-8-15-14(6-1)7-3-9-16(15)18-12-13-5-4-10-17-11-13;/h1-2,4-6,8,10-11,16,18H,3,7,9,12H2;1H/p-1. The van der Waals surface area contributed by atoms with Gasteiger partial charge >= 0.3 is 0 Å². The molecule has 1 aromatic carbocycles. The normalized spacial score (nSPS) is 17.4. The van der Waals surface area contributed by atoms with Gasteiger partial charge in [-0.2, -0.15) is 0 Å². The zero-order valence-corrected chi connectivity index (χ0v) is 12.4. The predicted octanol–water partition coefficient (Wildman–Crippen LogP) is 0.253. The maximum Gasteiger partial charge on any atom is 0.0326 e. The average Bonchev–Trinajstić information content (AvgIpc) is 2.46. The van der Waals surface area contributed by atoms with Crippen LogP contribution in [0, 0.1) is 0 Å². The molecule has 2 nitrogen and oxygen atoms in total. The first-order chi connectivity index (χ1) is 8.93. The summed E-state index contributed by atoms with van der Waals surface area (Å²) < 4.78 is 0. The molecule has 0 aliphatic heterocycles. The first-order valence-corrected chi connectivity index (χ1v) is 6.63. The van der Waals surface area contributed by atoms with E-state index in [1.807, 2.05) is 18.5 Å². The molecule has 1 aliphatic rings. The third-order valence-corrected chi connectivity index (χ3v) is 3.64. The highest BCUT2D eigenvalue weighted by Crippen LogP contribution is 2.29. The number of nitrogens with one attached hydrogen (secondary N) is 1. The van der Waals surface area contributed by atoms with E-state index in [2.05, 4.69) is 40.6 Å². The second kappa shape index (κ2) is 6.83. The molecule has 3 heteroatoms. The number of nitrogens with zero attached hydrogens (tertiary/aromatic N) is 1. The Hall–Kier alpha value is -1.19. The van der Waals surface area contributed by atoms with E-state index in [9.17, 15) is 0 Å². The van der Waals surface area contributed by atoms with Crippen LogP contribution in [0.3, 0.4) is 0 Å². The van der Waals surface area contributed by atoms with Crippen molar-refractivity contribution in [2.75, 3.05) is 0 Å². The average molecular weight is 318 g/mol. The van der Waals surface area contributed by atoms with Crippen molar-refractivity contribution in [2.45, 2.75) is 31.8 Å². The van der Waals surface area contributed by atoms with Gasteiger partial charge in [-0.3, -0.25) is 4.98 Å². The number of aryl methyl sites for hydroxylation is 1. The molecule has 1 unspecified atom stereocenters. The fourth-order valence-electron chi connectivity index (χ4n) is 2.71. The van der Waals surface area contributed by atoms with Crippen LogP contribution in [0.2, 0.25) is 0 Å². The van der Waals surface area contributed by atoms with Crippen LogP contribution in [0.15, 0.2) is 48.8 Å². The number of benzene rings is 1. The van der Waals surface area contributed by atoms with Crippen molar-refractivity contribution in [2.24, 2.45) is 0 Å². The zero-order valence-electron chi connectivity index (χ0n) is 10.8. The highest BCUT2D eigenvalue weighted by atomic mass is 79.9. The van der Waals surface area contributed by atoms with E-state index in [0.717, 1.165) is 6.54 Å². The number of rotatable bonds is 3. The summed E-state index contributed by atoms with van der Waals surface area (Å²) >= 11 is 0. The van der Waals surface area contributed by atoms with Crippen molar-refractivity contribution < 1.29 is 17.0 Å². The van der Waals surface area contributed by atoms with Crippen molar-refractivity contribution in [3.8, 4) is 0 Å². The lowest BCUT2D eigenvalue weighted by atomic mass is 9.88. The number of aromatic nitrogens is 1. The molecule has 0 spiro atoms. The van der Waals surface area contributed by atoms with E-state index in [1.165, 1.54) is 36.0 Å². The van der Waals surface area contributed by atoms with E-state index in [-0.39, 0.29) is 17.0 Å². The van der Waals surface area contributed by atoms with Crippen LogP contribution in [0.25, 0.3) is 0 Å². The predicted molar refractivity (Wildman–Crippen MR) is 73.2 cm³/mol. The van der Waals surface area contributed by atoms with Gasteiger partial charge < -0.3 is 22.3 Å². The fourth-order valence-corrected chi connectivity index (χ4v) is 2.71. The molecule has 0 amide bonds. The van der Waals surface area contributed by atoms with Crippen LogP contribution in [-0.2, 0) is 13.0 Å². The van der Waals surface area contributed by atoms with E-state index < -0.39 is 0 Å². The molecule has 0 fully saturated rings. The SMILES string of the molecule is [Br-].c1cncc(CNC2CCCc3ccccc32)c1. The first-order valence-electron chi connectivity index (χ1n) is 6.63. The summed E-state index contributed by atoms with van der Waals surface area (Å²) in [5.74, 6) is 0. The van der Waals surface area contributed by atoms with Crippen LogP contribution in [0.1, 0.15) is 35.6 Å². The van der Waals surface area contributed by atoms with E-state index >= 15 is 0 Å². The van der Waals surface area contributed by atoms with Crippen LogP contribution < -0.4 is 22.3 Å². The summed E-state index contributed by atoms with van der Waals surface area (Å²) in [5.41, 5.74) is 4.24. The van der Waals surface area contributed by atoms with Gasteiger partial charge in [-0.05, 0) is 42.0 Å². The van der Waals surface area contributed by atoms with Crippen LogP contribution in [0.5, 0.6) is 0 Å². The summed E-state index contributed by atoms with van der Waals surface area (Å²) in [5, 5.41) is 3.65. The number of fused-ring (bicyclic) bond motifs is 1. The largest absolute Gasteiger partial charge is 1.00 e. The van der Waals surface area contributed by atoms with Crippen LogP contribution in [0.4, 0.5) is 0 Å². The Kier molecular flexibility index (Phi) is 5.11. The van der Waals surface area contributed by atoms with Crippen molar-refractivity contribution in [3.05, 3.63) is 65.5 Å². The minimum atomic E-state index is 0. The Bertz CT molecular complexity index is 513. The van der Waals surface area contributed by atoms with Gasteiger partial charge in [0.15, 0.2) is 0 Å². The molecule has 1 atom stereocenters. The maximum atomic E-state index is 4.15. The number of hydrogen-bond acceptors (Lipinski definition) is 2. The first kappa shape index (κ1) is 14.2. The van der Waals surface area contributed by atoms with Crippen LogP contribution >= 0.6 is 0 Å². The summed E-state index contributed by atoms with van der Waals surface area (Å²) in [6.07, 6.45) is 7.49. The minimum Gasteiger partial charge on any atom is -1.00 e. The highest BCUT2D eigenvalue weighted by molar-refractivity contribution is 5.32. The number of halogens is 1. The number of hydrogen-bond donors (Lipinski definition) is 1. The number of pyridine rings is 1. The Morgan fingerprint density at radius 2 is 2.05 bits per heavy atom. The van der Waals surface area contributed by atoms with Crippen molar-refractivity contribution in [3.63, 3.8) is 0 Å². The molecule has 0 bridgehead atoms. The van der Waals surface area contributed by atoms with E-state index in [4.69, 9.17) is 0 Å². The molecule has 1 aliphatic carbocycles. The molecule has 3 rings (SSSR count). The monoisotopic (exact) mass is 317 g/mol. The van der Waals surface area contributed by atoms with Crippen molar-refractivity contribution >= 4 is 0 Å². The molecule has 100 valence electrons. The summed E-state index contributed by atoms with van der Waals surface area (Å²) in [6, 6.07) is 13.4. The summed E-state index contributed by atoms with van der Waals surface area (Å²) in [6.45, 7) is 0.896. The Morgan fingerprint density at radius 3 is 2.89 bits per heavy atom. The van der Waals surface area contributed by atoms with Crippen LogP contribution in [-0.4, -0.2) is 4.98 Å². The van der Waals surface area contributed by atoms with Gasteiger partial charge in [0.05, 0.1) is 0 Å². The lowest BCUT2D eigenvalue weighted by Gasteiger charge is -2.26. The molecule has 1 aromatic heterocycles. The lowest BCUT2D eigenvalue weighted by Crippen LogP contribution is -3.00. The molecule has 0 saturated carbocycles. The summed E-state index contributed by atoms with van der Waals surface area (Å²) in [7, 11) is 0. The van der Waals surface area contributed by atoms with E-state index in [1.54, 1.807) is 0 Å². The molecule has 19 heavy (non-hydrogen) atoms. The van der Waals surface area contributed by atoms with Crippen molar-refractivity contribution in [1.29, 1.82) is 0 Å². The fraction of sp³-hybridized carbons (Fsp3) is 0.312. The third-order valence-electron chi connectivity index (χ3n) is 3.64. The van der Waals surface area contributed by atoms with Gasteiger partial charge in [0, 0.05) is 25.0 Å². The lowest BCUT2D eigenvalue weighted by molar-refractivity contribution is -0.00000372. The van der Waals surface area contributed by atoms with Crippen molar-refractivity contribution in [1.82, 2.24) is 10.3 Å². The highest BCUT2D eigenvalue weighted by Gasteiger charge is 2.18. The smallest absolute Gasteiger partial charge is 0.0326 e. The van der Waals surface area contributed by atoms with Gasteiger partial charge in [-0.15, -0.1) is 0 Å². The van der Waals surface area contributed by atoms with Gasteiger partial charge in [-0.1, -0.05) is 30.3 Å². The molecule has 0 radical (unpaired) electrons.